The second-order valence-corrected chi connectivity index (χ2v) is 9.42. The lowest BCUT2D eigenvalue weighted by molar-refractivity contribution is 0.0932. The van der Waals surface area contributed by atoms with Crippen LogP contribution in [0.1, 0.15) is 40.4 Å². The fourth-order valence-electron chi connectivity index (χ4n) is 3.88. The Bertz CT molecular complexity index is 1160. The second kappa shape index (κ2) is 8.32. The van der Waals surface area contributed by atoms with Crippen LogP contribution in [0.25, 0.3) is 0 Å². The van der Waals surface area contributed by atoms with Crippen LogP contribution < -0.4 is 9.62 Å². The summed E-state index contributed by atoms with van der Waals surface area (Å²) >= 11 is 0. The Hall–Kier alpha value is -3.12. The van der Waals surface area contributed by atoms with Crippen LogP contribution in [0.2, 0.25) is 0 Å². The number of benzene rings is 3. The molecule has 0 spiro atoms. The number of rotatable bonds is 5. The Labute approximate surface area is 177 Å². The monoisotopic (exact) mass is 420 g/mol. The standard InChI is InChI=1S/C24H24N2O3S/c1-26(30(28,29)21-13-3-2-4-14-21)20-12-7-11-19(17-20)24(27)25-23-16-8-10-18-9-5-6-15-22(18)23/h2-7,9,11-15,17,23H,8,10,16H2,1H3,(H,25,27). The van der Waals surface area contributed by atoms with Gasteiger partial charge < -0.3 is 5.32 Å². The number of nitrogens with zero attached hydrogens (tertiary/aromatic N) is 1. The maximum atomic E-state index is 12.9. The molecule has 3 aromatic carbocycles. The van der Waals surface area contributed by atoms with Crippen LogP contribution in [0, 0.1) is 0 Å². The van der Waals surface area contributed by atoms with Crippen molar-refractivity contribution in [3.63, 3.8) is 0 Å². The Morgan fingerprint density at radius 1 is 0.967 bits per heavy atom. The van der Waals surface area contributed by atoms with Gasteiger partial charge in [-0.2, -0.15) is 0 Å². The Morgan fingerprint density at radius 3 is 2.50 bits per heavy atom. The highest BCUT2D eigenvalue weighted by Crippen LogP contribution is 2.30. The van der Waals surface area contributed by atoms with E-state index in [1.807, 2.05) is 12.1 Å². The Kier molecular flexibility index (Phi) is 5.59. The molecule has 30 heavy (non-hydrogen) atoms. The summed E-state index contributed by atoms with van der Waals surface area (Å²) in [4.78, 5) is 13.1. The average molecular weight is 421 g/mol. The zero-order valence-corrected chi connectivity index (χ0v) is 17.6. The molecule has 0 aromatic heterocycles. The highest BCUT2D eigenvalue weighted by atomic mass is 32.2. The number of anilines is 1. The zero-order valence-electron chi connectivity index (χ0n) is 16.8. The van der Waals surface area contributed by atoms with E-state index in [0.717, 1.165) is 24.8 Å². The molecule has 0 fully saturated rings. The topological polar surface area (TPSA) is 66.5 Å². The maximum absolute atomic E-state index is 12.9. The molecule has 3 aromatic rings. The lowest BCUT2D eigenvalue weighted by Crippen LogP contribution is -2.31. The van der Waals surface area contributed by atoms with E-state index < -0.39 is 10.0 Å². The minimum Gasteiger partial charge on any atom is -0.345 e. The normalized spacial score (nSPS) is 15.8. The minimum absolute atomic E-state index is 0.0307. The van der Waals surface area contributed by atoms with Gasteiger partial charge in [0.1, 0.15) is 0 Å². The van der Waals surface area contributed by atoms with Crippen LogP contribution in [0.15, 0.2) is 83.8 Å². The zero-order chi connectivity index (χ0) is 21.1. The number of amides is 1. The number of sulfonamides is 1. The molecular weight excluding hydrogens is 396 g/mol. The van der Waals surface area contributed by atoms with Gasteiger partial charge in [-0.15, -0.1) is 0 Å². The predicted molar refractivity (Wildman–Crippen MR) is 118 cm³/mol. The van der Waals surface area contributed by atoms with Crippen LogP contribution in [0.5, 0.6) is 0 Å². The Balaban J connectivity index is 1.56. The van der Waals surface area contributed by atoms with E-state index in [9.17, 15) is 13.2 Å². The van der Waals surface area contributed by atoms with E-state index in [0.29, 0.717) is 11.3 Å². The average Bonchev–Trinajstić information content (AvgIpc) is 2.79. The first-order chi connectivity index (χ1) is 14.5. The predicted octanol–water partition coefficient (Wildman–Crippen LogP) is 4.32. The maximum Gasteiger partial charge on any atom is 0.264 e. The molecule has 1 amide bonds. The molecule has 6 heteroatoms. The van der Waals surface area contributed by atoms with Crippen molar-refractivity contribution in [2.75, 3.05) is 11.4 Å². The van der Waals surface area contributed by atoms with Gasteiger partial charge in [0, 0.05) is 12.6 Å². The van der Waals surface area contributed by atoms with Crippen molar-refractivity contribution < 1.29 is 13.2 Å². The van der Waals surface area contributed by atoms with Gasteiger partial charge in [0.15, 0.2) is 0 Å². The van der Waals surface area contributed by atoms with Gasteiger partial charge in [0.2, 0.25) is 0 Å². The van der Waals surface area contributed by atoms with E-state index in [-0.39, 0.29) is 16.8 Å². The lowest BCUT2D eigenvalue weighted by atomic mass is 9.87. The van der Waals surface area contributed by atoms with Crippen LogP contribution in [-0.2, 0) is 16.4 Å². The van der Waals surface area contributed by atoms with E-state index in [4.69, 9.17) is 0 Å². The first-order valence-corrected chi connectivity index (χ1v) is 11.4. The van der Waals surface area contributed by atoms with Crippen molar-refractivity contribution in [3.8, 4) is 0 Å². The van der Waals surface area contributed by atoms with E-state index in [1.54, 1.807) is 54.6 Å². The number of carbonyl (C=O) groups is 1. The van der Waals surface area contributed by atoms with E-state index in [1.165, 1.54) is 16.9 Å². The Morgan fingerprint density at radius 2 is 1.70 bits per heavy atom. The summed E-state index contributed by atoms with van der Waals surface area (Å²) in [6, 6.07) is 23.1. The third-order valence-corrected chi connectivity index (χ3v) is 7.35. The quantitative estimate of drug-likeness (QED) is 0.669. The van der Waals surface area contributed by atoms with Crippen molar-refractivity contribution >= 4 is 21.6 Å². The van der Waals surface area contributed by atoms with E-state index >= 15 is 0 Å². The fourth-order valence-corrected chi connectivity index (χ4v) is 5.09. The van der Waals surface area contributed by atoms with Crippen LogP contribution in [0.4, 0.5) is 5.69 Å². The van der Waals surface area contributed by atoms with Crippen molar-refractivity contribution in [2.45, 2.75) is 30.2 Å². The fraction of sp³-hybridized carbons (Fsp3) is 0.208. The molecule has 1 aliphatic rings. The number of hydrogen-bond donors (Lipinski definition) is 1. The largest absolute Gasteiger partial charge is 0.345 e. The molecule has 1 unspecified atom stereocenters. The molecule has 0 saturated heterocycles. The molecule has 0 aliphatic heterocycles. The molecule has 154 valence electrons. The number of aryl methyl sites for hydroxylation is 1. The first kappa shape index (κ1) is 20.2. The van der Waals surface area contributed by atoms with Crippen molar-refractivity contribution in [3.05, 3.63) is 95.6 Å². The SMILES string of the molecule is CN(c1cccc(C(=O)NC2CCCc3ccccc32)c1)S(=O)(=O)c1ccccc1. The van der Waals surface area contributed by atoms with Crippen LogP contribution in [0.3, 0.4) is 0 Å². The summed E-state index contributed by atoms with van der Waals surface area (Å²) in [5, 5.41) is 3.12. The number of fused-ring (bicyclic) bond motifs is 1. The minimum atomic E-state index is -3.70. The van der Waals surface area contributed by atoms with Gasteiger partial charge in [0.05, 0.1) is 16.6 Å². The van der Waals surface area contributed by atoms with Crippen LogP contribution >= 0.6 is 0 Å². The number of carbonyl (C=O) groups excluding carboxylic acids is 1. The molecule has 1 aliphatic carbocycles. The van der Waals surface area contributed by atoms with Crippen LogP contribution in [-0.4, -0.2) is 21.4 Å². The molecule has 1 N–H and O–H groups in total. The molecule has 4 rings (SSSR count). The lowest BCUT2D eigenvalue weighted by Gasteiger charge is -2.26. The molecule has 0 heterocycles. The summed E-state index contributed by atoms with van der Waals surface area (Å²) in [6.45, 7) is 0. The summed E-state index contributed by atoms with van der Waals surface area (Å²) in [5.74, 6) is -0.205. The molecule has 0 radical (unpaired) electrons. The number of nitrogens with one attached hydrogen (secondary N) is 1. The van der Waals surface area contributed by atoms with Gasteiger partial charge in [0.25, 0.3) is 15.9 Å². The second-order valence-electron chi connectivity index (χ2n) is 7.45. The number of hydrogen-bond acceptors (Lipinski definition) is 3. The van der Waals surface area contributed by atoms with Gasteiger partial charge in [-0.1, -0.05) is 48.5 Å². The summed E-state index contributed by atoms with van der Waals surface area (Å²) in [7, 11) is -2.20. The van der Waals surface area contributed by atoms with Crippen molar-refractivity contribution in [2.24, 2.45) is 0 Å². The highest BCUT2D eigenvalue weighted by Gasteiger charge is 2.24. The molecular formula is C24H24N2O3S. The first-order valence-electron chi connectivity index (χ1n) is 9.99. The van der Waals surface area contributed by atoms with Gasteiger partial charge in [-0.05, 0) is 60.7 Å². The van der Waals surface area contributed by atoms with E-state index in [2.05, 4.69) is 17.4 Å². The molecule has 5 nitrogen and oxygen atoms in total. The molecule has 0 saturated carbocycles. The van der Waals surface area contributed by atoms with Gasteiger partial charge in [-0.3, -0.25) is 9.10 Å². The van der Waals surface area contributed by atoms with Gasteiger partial charge >= 0.3 is 0 Å². The smallest absolute Gasteiger partial charge is 0.264 e. The summed E-state index contributed by atoms with van der Waals surface area (Å²) in [6.07, 6.45) is 2.95. The van der Waals surface area contributed by atoms with Crippen molar-refractivity contribution in [1.82, 2.24) is 5.32 Å². The molecule has 1 atom stereocenters. The third-order valence-electron chi connectivity index (χ3n) is 5.55. The summed E-state index contributed by atoms with van der Waals surface area (Å²) in [5.41, 5.74) is 3.31. The third kappa shape index (κ3) is 3.96. The van der Waals surface area contributed by atoms with Crippen molar-refractivity contribution in [1.29, 1.82) is 0 Å². The molecule has 0 bridgehead atoms. The summed E-state index contributed by atoms with van der Waals surface area (Å²) < 4.78 is 27.0. The highest BCUT2D eigenvalue weighted by molar-refractivity contribution is 7.92. The van der Waals surface area contributed by atoms with Gasteiger partial charge in [-0.25, -0.2) is 8.42 Å².